The van der Waals surface area contributed by atoms with Crippen LogP contribution in [0.5, 0.6) is 0 Å². The van der Waals surface area contributed by atoms with E-state index in [4.69, 9.17) is 15.7 Å². The molecule has 0 radical (unpaired) electrons. The average molecular weight is 208 g/mol. The molecule has 0 aromatic carbocycles. The van der Waals surface area contributed by atoms with Gasteiger partial charge < -0.3 is 10.5 Å². The Labute approximate surface area is 87.1 Å². The summed E-state index contributed by atoms with van der Waals surface area (Å²) in [7, 11) is 1.73. The second kappa shape index (κ2) is 3.60. The molecular formula is C10H12N2OS. The van der Waals surface area contributed by atoms with Gasteiger partial charge in [0, 0.05) is 18.4 Å². The van der Waals surface area contributed by atoms with Crippen molar-refractivity contribution >= 4 is 16.3 Å². The highest BCUT2D eigenvalue weighted by molar-refractivity contribution is 7.16. The zero-order valence-electron chi connectivity index (χ0n) is 8.04. The second-order valence-corrected chi connectivity index (χ2v) is 4.59. The molecule has 0 bridgehead atoms. The number of hydrogen-bond donors (Lipinski definition) is 1. The minimum absolute atomic E-state index is 0.298. The van der Waals surface area contributed by atoms with Crippen LogP contribution < -0.4 is 5.73 Å². The number of hydrogen-bond acceptors (Lipinski definition) is 4. The average Bonchev–Trinajstić information content (AvgIpc) is 2.51. The highest BCUT2D eigenvalue weighted by Crippen LogP contribution is 2.36. The van der Waals surface area contributed by atoms with E-state index in [-0.39, 0.29) is 0 Å². The Morgan fingerprint density at radius 3 is 3.07 bits per heavy atom. The molecular weight excluding hydrogens is 196 g/mol. The lowest BCUT2D eigenvalue weighted by Crippen LogP contribution is -2.19. The zero-order valence-corrected chi connectivity index (χ0v) is 8.86. The first kappa shape index (κ1) is 9.50. The molecule has 1 heterocycles. The van der Waals surface area contributed by atoms with Gasteiger partial charge in [-0.1, -0.05) is 0 Å². The summed E-state index contributed by atoms with van der Waals surface area (Å²) in [5.74, 6) is 0. The predicted molar refractivity (Wildman–Crippen MR) is 56.3 cm³/mol. The summed E-state index contributed by atoms with van der Waals surface area (Å²) in [6.45, 7) is 0. The lowest BCUT2D eigenvalue weighted by molar-refractivity contribution is 0.0920. The third-order valence-electron chi connectivity index (χ3n) is 2.69. The molecule has 0 aliphatic heterocycles. The molecule has 14 heavy (non-hydrogen) atoms. The van der Waals surface area contributed by atoms with Crippen LogP contribution in [0.2, 0.25) is 0 Å². The van der Waals surface area contributed by atoms with Crippen molar-refractivity contribution < 1.29 is 4.74 Å². The number of nitrogens with two attached hydrogens (primary N) is 1. The summed E-state index contributed by atoms with van der Waals surface area (Å²) >= 11 is 1.54. The molecule has 0 amide bonds. The maximum atomic E-state index is 8.93. The molecule has 1 aliphatic rings. The van der Waals surface area contributed by atoms with Crippen LogP contribution in [0.4, 0.5) is 5.00 Å². The Hall–Kier alpha value is -1.05. The Morgan fingerprint density at radius 2 is 2.43 bits per heavy atom. The molecule has 0 spiro atoms. The Morgan fingerprint density at radius 1 is 1.64 bits per heavy atom. The number of nitrogens with zero attached hydrogens (tertiary/aromatic N) is 1. The van der Waals surface area contributed by atoms with Gasteiger partial charge in [-0.25, -0.2) is 0 Å². The molecule has 0 saturated carbocycles. The number of nitriles is 1. The van der Waals surface area contributed by atoms with Crippen LogP contribution in [0.3, 0.4) is 0 Å². The van der Waals surface area contributed by atoms with Gasteiger partial charge in [0.05, 0.1) is 11.7 Å². The second-order valence-electron chi connectivity index (χ2n) is 3.46. The monoisotopic (exact) mass is 208 g/mol. The summed E-state index contributed by atoms with van der Waals surface area (Å²) in [4.78, 5) is 1.23. The molecule has 1 aliphatic carbocycles. The van der Waals surface area contributed by atoms with E-state index in [2.05, 4.69) is 6.07 Å². The van der Waals surface area contributed by atoms with Crippen LogP contribution in [0, 0.1) is 11.3 Å². The van der Waals surface area contributed by atoms with Gasteiger partial charge in [-0.05, 0) is 18.4 Å². The summed E-state index contributed by atoms with van der Waals surface area (Å²) in [5, 5.41) is 9.59. The van der Waals surface area contributed by atoms with Gasteiger partial charge in [-0.15, -0.1) is 11.3 Å². The first-order chi connectivity index (χ1) is 6.76. The van der Waals surface area contributed by atoms with Gasteiger partial charge in [0.15, 0.2) is 0 Å². The first-order valence-corrected chi connectivity index (χ1v) is 5.40. The third kappa shape index (κ3) is 1.39. The van der Waals surface area contributed by atoms with Gasteiger partial charge in [-0.2, -0.15) is 5.26 Å². The maximum absolute atomic E-state index is 8.93. The molecule has 4 heteroatoms. The summed E-state index contributed by atoms with van der Waals surface area (Å²) in [6.07, 6.45) is 3.12. The fourth-order valence-electron chi connectivity index (χ4n) is 1.90. The quantitative estimate of drug-likeness (QED) is 0.764. The molecule has 3 nitrogen and oxygen atoms in total. The Bertz CT molecular complexity index is 392. The Kier molecular flexibility index (Phi) is 2.44. The Balaban J connectivity index is 2.37. The van der Waals surface area contributed by atoms with E-state index in [1.165, 1.54) is 16.2 Å². The number of thiophene rings is 1. The molecule has 2 rings (SSSR count). The molecule has 74 valence electrons. The van der Waals surface area contributed by atoms with Crippen molar-refractivity contribution in [2.45, 2.75) is 25.4 Å². The van der Waals surface area contributed by atoms with Crippen LogP contribution in [-0.2, 0) is 17.6 Å². The number of rotatable bonds is 1. The van der Waals surface area contributed by atoms with E-state index in [0.717, 1.165) is 24.8 Å². The zero-order chi connectivity index (χ0) is 10.1. The minimum atomic E-state index is 0.298. The molecule has 1 aromatic rings. The SMILES string of the molecule is CO[C@H]1CCc2c(sc(N)c2C#N)C1. The number of nitrogen functional groups attached to an aromatic ring is 1. The van der Waals surface area contributed by atoms with Crippen molar-refractivity contribution in [3.63, 3.8) is 0 Å². The van der Waals surface area contributed by atoms with E-state index in [1.807, 2.05) is 0 Å². The van der Waals surface area contributed by atoms with Gasteiger partial charge >= 0.3 is 0 Å². The molecule has 0 unspecified atom stereocenters. The van der Waals surface area contributed by atoms with E-state index < -0.39 is 0 Å². The van der Waals surface area contributed by atoms with E-state index in [9.17, 15) is 0 Å². The largest absolute Gasteiger partial charge is 0.389 e. The first-order valence-electron chi connectivity index (χ1n) is 4.59. The summed E-state index contributed by atoms with van der Waals surface area (Å²) < 4.78 is 5.31. The van der Waals surface area contributed by atoms with Crippen LogP contribution in [0.1, 0.15) is 22.4 Å². The number of ether oxygens (including phenoxy) is 1. The fourth-order valence-corrected chi connectivity index (χ4v) is 3.03. The number of methoxy groups -OCH3 is 1. The molecule has 0 saturated heterocycles. The normalized spacial score (nSPS) is 20.1. The van der Waals surface area contributed by atoms with Crippen LogP contribution in [-0.4, -0.2) is 13.2 Å². The lowest BCUT2D eigenvalue weighted by atomic mass is 9.94. The van der Waals surface area contributed by atoms with E-state index in [1.54, 1.807) is 7.11 Å². The number of anilines is 1. The molecule has 0 fully saturated rings. The lowest BCUT2D eigenvalue weighted by Gasteiger charge is -2.20. The van der Waals surface area contributed by atoms with E-state index >= 15 is 0 Å². The number of fused-ring (bicyclic) bond motifs is 1. The highest BCUT2D eigenvalue weighted by Gasteiger charge is 2.24. The van der Waals surface area contributed by atoms with Crippen LogP contribution in [0.15, 0.2) is 0 Å². The maximum Gasteiger partial charge on any atom is 0.104 e. The van der Waals surface area contributed by atoms with Gasteiger partial charge in [0.1, 0.15) is 11.1 Å². The van der Waals surface area contributed by atoms with Gasteiger partial charge in [0.2, 0.25) is 0 Å². The molecule has 1 atom stereocenters. The van der Waals surface area contributed by atoms with Crippen LogP contribution in [0.25, 0.3) is 0 Å². The highest BCUT2D eigenvalue weighted by atomic mass is 32.1. The van der Waals surface area contributed by atoms with Crippen molar-refractivity contribution in [1.82, 2.24) is 0 Å². The smallest absolute Gasteiger partial charge is 0.104 e. The summed E-state index contributed by atoms with van der Waals surface area (Å²) in [6, 6.07) is 2.18. The summed E-state index contributed by atoms with van der Waals surface area (Å²) in [5.41, 5.74) is 7.62. The minimum Gasteiger partial charge on any atom is -0.389 e. The van der Waals surface area contributed by atoms with E-state index in [0.29, 0.717) is 16.7 Å². The van der Waals surface area contributed by atoms with Crippen molar-refractivity contribution in [2.75, 3.05) is 12.8 Å². The third-order valence-corrected chi connectivity index (χ3v) is 3.78. The molecule has 1 aromatic heterocycles. The standard InChI is InChI=1S/C10H12N2OS/c1-13-6-2-3-7-8(5-11)10(12)14-9(7)4-6/h6H,2-4,12H2,1H3/t6-/m0/s1. The predicted octanol–water partition coefficient (Wildman–Crippen LogP) is 1.71. The van der Waals surface area contributed by atoms with Crippen molar-refractivity contribution in [2.24, 2.45) is 0 Å². The molecule has 2 N–H and O–H groups in total. The van der Waals surface area contributed by atoms with Crippen molar-refractivity contribution in [1.29, 1.82) is 5.26 Å². The van der Waals surface area contributed by atoms with Crippen molar-refractivity contribution in [3.05, 3.63) is 16.0 Å². The van der Waals surface area contributed by atoms with Gasteiger partial charge in [-0.3, -0.25) is 0 Å². The fraction of sp³-hybridized carbons (Fsp3) is 0.500. The topological polar surface area (TPSA) is 59.0 Å². The van der Waals surface area contributed by atoms with Crippen LogP contribution >= 0.6 is 11.3 Å². The van der Waals surface area contributed by atoms with Gasteiger partial charge in [0.25, 0.3) is 0 Å². The van der Waals surface area contributed by atoms with Crippen molar-refractivity contribution in [3.8, 4) is 6.07 Å².